The van der Waals surface area contributed by atoms with Crippen LogP contribution < -0.4 is 10.6 Å². The number of halogens is 1. The molecule has 0 bridgehead atoms. The Balaban J connectivity index is 1.56. The average molecular weight is 389 g/mol. The van der Waals surface area contributed by atoms with Crippen LogP contribution in [0.2, 0.25) is 5.02 Å². The number of nitrogens with zero attached hydrogens (tertiary/aromatic N) is 4. The van der Waals surface area contributed by atoms with Crippen molar-refractivity contribution in [2.24, 2.45) is 0 Å². The Kier molecular flexibility index (Phi) is 5.90. The third-order valence-electron chi connectivity index (χ3n) is 4.09. The largest absolute Gasteiger partial charge is 0.357 e. The van der Waals surface area contributed by atoms with Gasteiger partial charge in [0, 0.05) is 18.8 Å². The predicted octanol–water partition coefficient (Wildman–Crippen LogP) is 3.60. The smallest absolute Gasteiger partial charge is 0.172 e. The lowest BCUT2D eigenvalue weighted by atomic mass is 10.1. The predicted molar refractivity (Wildman–Crippen MR) is 108 cm³/mol. The van der Waals surface area contributed by atoms with Crippen molar-refractivity contribution in [1.29, 1.82) is 0 Å². The van der Waals surface area contributed by atoms with Gasteiger partial charge in [0.1, 0.15) is 0 Å². The van der Waals surface area contributed by atoms with Crippen LogP contribution in [0, 0.1) is 6.92 Å². The monoisotopic (exact) mass is 388 g/mol. The summed E-state index contributed by atoms with van der Waals surface area (Å²) in [6, 6.07) is 10.2. The van der Waals surface area contributed by atoms with Gasteiger partial charge in [0.15, 0.2) is 10.9 Å². The quantitative estimate of drug-likeness (QED) is 0.632. The normalized spacial score (nSPS) is 10.7. The molecule has 3 rings (SSSR count). The third-order valence-corrected chi connectivity index (χ3v) is 4.65. The number of thiocarbonyl (C=S) groups is 1. The average Bonchev–Trinajstić information content (AvgIpc) is 3.21. The molecule has 2 N–H and O–H groups in total. The van der Waals surface area contributed by atoms with Crippen LogP contribution in [0.5, 0.6) is 0 Å². The van der Waals surface area contributed by atoms with Gasteiger partial charge in [0.25, 0.3) is 0 Å². The van der Waals surface area contributed by atoms with Crippen LogP contribution in [0.3, 0.4) is 0 Å². The Labute approximate surface area is 163 Å². The van der Waals surface area contributed by atoms with E-state index in [4.69, 9.17) is 23.8 Å². The first kappa shape index (κ1) is 18.4. The topological polar surface area (TPSA) is 59.7 Å². The number of hydrogen-bond acceptors (Lipinski definition) is 3. The number of aromatic nitrogens is 4. The Morgan fingerprint density at radius 2 is 2.08 bits per heavy atom. The first-order valence-electron chi connectivity index (χ1n) is 8.39. The van der Waals surface area contributed by atoms with E-state index in [1.807, 2.05) is 40.7 Å². The van der Waals surface area contributed by atoms with Crippen molar-refractivity contribution in [3.05, 3.63) is 64.6 Å². The van der Waals surface area contributed by atoms with E-state index in [0.717, 1.165) is 18.8 Å². The highest BCUT2D eigenvalue weighted by Gasteiger charge is 2.09. The van der Waals surface area contributed by atoms with E-state index in [1.165, 1.54) is 11.1 Å². The van der Waals surface area contributed by atoms with Crippen LogP contribution in [0.1, 0.15) is 23.7 Å². The fraction of sp³-hybridized carbons (Fsp3) is 0.278. The second-order valence-corrected chi connectivity index (χ2v) is 6.70. The van der Waals surface area contributed by atoms with Gasteiger partial charge in [-0.15, -0.1) is 0 Å². The zero-order valence-electron chi connectivity index (χ0n) is 14.7. The van der Waals surface area contributed by atoms with E-state index in [2.05, 4.69) is 39.9 Å². The van der Waals surface area contributed by atoms with Crippen molar-refractivity contribution in [1.82, 2.24) is 24.9 Å². The molecule has 2 heterocycles. The first-order chi connectivity index (χ1) is 12.6. The van der Waals surface area contributed by atoms with Crippen LogP contribution in [0.25, 0.3) is 0 Å². The lowest BCUT2D eigenvalue weighted by Crippen LogP contribution is -2.29. The second-order valence-electron chi connectivity index (χ2n) is 5.89. The molecule has 1 aromatic carbocycles. The van der Waals surface area contributed by atoms with Gasteiger partial charge in [-0.3, -0.25) is 9.36 Å². The van der Waals surface area contributed by atoms with Crippen molar-refractivity contribution < 1.29 is 0 Å². The summed E-state index contributed by atoms with van der Waals surface area (Å²) >= 11 is 11.5. The Morgan fingerprint density at radius 1 is 1.27 bits per heavy atom. The Hall–Kier alpha value is -2.38. The van der Waals surface area contributed by atoms with Crippen molar-refractivity contribution in [2.45, 2.75) is 33.5 Å². The van der Waals surface area contributed by atoms with Gasteiger partial charge in [-0.1, -0.05) is 35.9 Å². The molecule has 0 aliphatic rings. The maximum atomic E-state index is 6.16. The third kappa shape index (κ3) is 4.42. The second kappa shape index (κ2) is 8.33. The minimum atomic E-state index is 0.492. The molecule has 0 atom stereocenters. The molecule has 26 heavy (non-hydrogen) atoms. The molecule has 3 aromatic rings. The molecule has 0 fully saturated rings. The van der Waals surface area contributed by atoms with E-state index >= 15 is 0 Å². The highest BCUT2D eigenvalue weighted by molar-refractivity contribution is 7.80. The molecular formula is C18H21ClN6S. The number of anilines is 1. The summed E-state index contributed by atoms with van der Waals surface area (Å²) in [5.74, 6) is 0.700. The molecule has 0 amide bonds. The van der Waals surface area contributed by atoms with Crippen molar-refractivity contribution in [3.8, 4) is 0 Å². The minimum Gasteiger partial charge on any atom is -0.357 e. The summed E-state index contributed by atoms with van der Waals surface area (Å²) in [4.78, 5) is 0. The molecule has 2 aromatic heterocycles. The molecular weight excluding hydrogens is 368 g/mol. The molecule has 0 aliphatic carbocycles. The van der Waals surface area contributed by atoms with Crippen molar-refractivity contribution >= 4 is 34.7 Å². The van der Waals surface area contributed by atoms with Crippen LogP contribution in [0.4, 0.5) is 5.82 Å². The van der Waals surface area contributed by atoms with Gasteiger partial charge in [-0.2, -0.15) is 10.2 Å². The van der Waals surface area contributed by atoms with E-state index in [-0.39, 0.29) is 0 Å². The fourth-order valence-corrected chi connectivity index (χ4v) is 3.02. The van der Waals surface area contributed by atoms with E-state index in [0.29, 0.717) is 22.5 Å². The number of hydrogen-bond donors (Lipinski definition) is 2. The molecule has 0 spiro atoms. The molecule has 0 saturated carbocycles. The molecule has 0 unspecified atom stereocenters. The maximum Gasteiger partial charge on any atom is 0.172 e. The van der Waals surface area contributed by atoms with Gasteiger partial charge in [-0.05, 0) is 37.2 Å². The lowest BCUT2D eigenvalue weighted by molar-refractivity contribution is 0.614. The molecule has 0 saturated heterocycles. The van der Waals surface area contributed by atoms with Gasteiger partial charge >= 0.3 is 0 Å². The summed E-state index contributed by atoms with van der Waals surface area (Å²) in [6.07, 6.45) is 3.58. The zero-order chi connectivity index (χ0) is 18.5. The van der Waals surface area contributed by atoms with Gasteiger partial charge < -0.3 is 10.6 Å². The number of rotatable bonds is 6. The fourth-order valence-electron chi connectivity index (χ4n) is 2.64. The molecule has 0 radical (unpaired) electrons. The number of nitrogens with one attached hydrogen (secondary N) is 2. The summed E-state index contributed by atoms with van der Waals surface area (Å²) in [6.45, 7) is 6.10. The van der Waals surface area contributed by atoms with Gasteiger partial charge in [-0.25, -0.2) is 0 Å². The summed E-state index contributed by atoms with van der Waals surface area (Å²) in [5.41, 5.74) is 3.40. The summed E-state index contributed by atoms with van der Waals surface area (Å²) in [5, 5.41) is 16.1. The maximum absolute atomic E-state index is 6.16. The highest BCUT2D eigenvalue weighted by Crippen LogP contribution is 2.15. The standard InChI is InChI=1S/C18H21ClN6S/c1-3-25-16(15(19)10-21-25)11-20-18(26)22-17-8-9-24(23-17)12-14-7-5-4-6-13(14)2/h4-10H,3,11-12H2,1-2H3,(H2,20,22,23,26). The van der Waals surface area contributed by atoms with Gasteiger partial charge in [0.2, 0.25) is 0 Å². The highest BCUT2D eigenvalue weighted by atomic mass is 35.5. The Bertz CT molecular complexity index is 901. The van der Waals surface area contributed by atoms with Gasteiger partial charge in [0.05, 0.1) is 30.0 Å². The molecule has 0 aliphatic heterocycles. The lowest BCUT2D eigenvalue weighted by Gasteiger charge is -2.10. The van der Waals surface area contributed by atoms with E-state index in [1.54, 1.807) is 6.20 Å². The van der Waals surface area contributed by atoms with Crippen LogP contribution in [0.15, 0.2) is 42.7 Å². The van der Waals surface area contributed by atoms with E-state index < -0.39 is 0 Å². The molecule has 8 heteroatoms. The number of benzene rings is 1. The number of aryl methyl sites for hydroxylation is 2. The van der Waals surface area contributed by atoms with Crippen LogP contribution in [-0.4, -0.2) is 24.7 Å². The van der Waals surface area contributed by atoms with E-state index in [9.17, 15) is 0 Å². The van der Waals surface area contributed by atoms with Crippen molar-refractivity contribution in [3.63, 3.8) is 0 Å². The molecule has 6 nitrogen and oxygen atoms in total. The van der Waals surface area contributed by atoms with Crippen molar-refractivity contribution in [2.75, 3.05) is 5.32 Å². The first-order valence-corrected chi connectivity index (χ1v) is 9.18. The zero-order valence-corrected chi connectivity index (χ0v) is 16.3. The van der Waals surface area contributed by atoms with Crippen LogP contribution >= 0.6 is 23.8 Å². The summed E-state index contributed by atoms with van der Waals surface area (Å²) in [7, 11) is 0. The Morgan fingerprint density at radius 3 is 2.85 bits per heavy atom. The summed E-state index contributed by atoms with van der Waals surface area (Å²) < 4.78 is 3.73. The van der Waals surface area contributed by atoms with Crippen LogP contribution in [-0.2, 0) is 19.6 Å². The molecule has 136 valence electrons. The SMILES string of the molecule is CCn1ncc(Cl)c1CNC(=S)Nc1ccn(Cc2ccccc2C)n1. The minimum absolute atomic E-state index is 0.492.